The van der Waals surface area contributed by atoms with Crippen molar-refractivity contribution in [2.75, 3.05) is 17.2 Å². The molecule has 0 spiro atoms. The van der Waals surface area contributed by atoms with Crippen molar-refractivity contribution in [2.45, 2.75) is 26.8 Å². The molecule has 0 radical (unpaired) electrons. The number of hydrogen-bond donors (Lipinski definition) is 3. The minimum absolute atomic E-state index is 0.149. The SMILES string of the molecule is CCOC(=O)C(C)NC(=O)Nc1ccccc1Nc1ccc(C(=O)c2ccccc2C)c(Cl)c1. The highest BCUT2D eigenvalue weighted by atomic mass is 35.5. The van der Waals surface area contributed by atoms with Crippen LogP contribution in [0.25, 0.3) is 0 Å². The van der Waals surface area contributed by atoms with E-state index in [1.807, 2.05) is 31.2 Å². The molecule has 7 nitrogen and oxygen atoms in total. The molecular formula is C26H26ClN3O4. The van der Waals surface area contributed by atoms with E-state index in [1.54, 1.807) is 56.3 Å². The zero-order chi connectivity index (χ0) is 24.7. The number of nitrogens with one attached hydrogen (secondary N) is 3. The van der Waals surface area contributed by atoms with E-state index >= 15 is 0 Å². The maximum Gasteiger partial charge on any atom is 0.328 e. The van der Waals surface area contributed by atoms with E-state index in [1.165, 1.54) is 0 Å². The van der Waals surface area contributed by atoms with Crippen LogP contribution in [0.2, 0.25) is 5.02 Å². The highest BCUT2D eigenvalue weighted by molar-refractivity contribution is 6.35. The molecule has 0 aliphatic heterocycles. The number of halogens is 1. The average molecular weight is 480 g/mol. The first-order chi connectivity index (χ1) is 16.3. The van der Waals surface area contributed by atoms with Gasteiger partial charge < -0.3 is 20.7 Å². The number of carbonyl (C=O) groups excluding carboxylic acids is 3. The van der Waals surface area contributed by atoms with Crippen LogP contribution in [-0.4, -0.2) is 30.4 Å². The van der Waals surface area contributed by atoms with Gasteiger partial charge in [0, 0.05) is 16.8 Å². The third-order valence-electron chi connectivity index (χ3n) is 5.05. The molecule has 1 atom stereocenters. The number of urea groups is 1. The summed E-state index contributed by atoms with van der Waals surface area (Å²) in [6.07, 6.45) is 0. The van der Waals surface area contributed by atoms with E-state index in [9.17, 15) is 14.4 Å². The van der Waals surface area contributed by atoms with Crippen LogP contribution in [0.1, 0.15) is 35.3 Å². The zero-order valence-corrected chi connectivity index (χ0v) is 19.9. The average Bonchev–Trinajstić information content (AvgIpc) is 2.80. The van der Waals surface area contributed by atoms with Gasteiger partial charge in [0.1, 0.15) is 6.04 Å². The Balaban J connectivity index is 1.74. The predicted molar refractivity (Wildman–Crippen MR) is 134 cm³/mol. The molecule has 0 fully saturated rings. The second kappa shape index (κ2) is 11.3. The standard InChI is InChI=1S/C26H26ClN3O4/c1-4-34-25(32)17(3)28-26(33)30-23-12-8-7-11-22(23)29-18-13-14-20(21(27)15-18)24(31)19-10-6-5-9-16(19)2/h5-15,17,29H,4H2,1-3H3,(H2,28,30,33). The molecule has 176 valence electrons. The van der Waals surface area contributed by atoms with Gasteiger partial charge in [0.05, 0.1) is 23.0 Å². The molecule has 0 saturated carbocycles. The van der Waals surface area contributed by atoms with Gasteiger partial charge in [-0.1, -0.05) is 48.0 Å². The van der Waals surface area contributed by atoms with Crippen LogP contribution in [0.4, 0.5) is 21.9 Å². The Morgan fingerprint density at radius 2 is 1.62 bits per heavy atom. The van der Waals surface area contributed by atoms with Crippen LogP contribution in [0, 0.1) is 6.92 Å². The van der Waals surface area contributed by atoms with Gasteiger partial charge in [-0.15, -0.1) is 0 Å². The maximum absolute atomic E-state index is 12.9. The van der Waals surface area contributed by atoms with Gasteiger partial charge in [-0.3, -0.25) is 4.79 Å². The molecule has 0 bridgehead atoms. The van der Waals surface area contributed by atoms with Crippen LogP contribution in [0.3, 0.4) is 0 Å². The molecule has 0 aromatic heterocycles. The zero-order valence-electron chi connectivity index (χ0n) is 19.1. The smallest absolute Gasteiger partial charge is 0.328 e. The van der Waals surface area contributed by atoms with Crippen molar-refractivity contribution in [3.8, 4) is 0 Å². The Kier molecular flexibility index (Phi) is 8.27. The van der Waals surface area contributed by atoms with Gasteiger partial charge in [-0.2, -0.15) is 0 Å². The lowest BCUT2D eigenvalue weighted by Gasteiger charge is -2.16. The fourth-order valence-corrected chi connectivity index (χ4v) is 3.55. The van der Waals surface area contributed by atoms with Gasteiger partial charge in [0.25, 0.3) is 0 Å². The van der Waals surface area contributed by atoms with Crippen LogP contribution in [-0.2, 0) is 9.53 Å². The Morgan fingerprint density at radius 1 is 0.941 bits per heavy atom. The molecular weight excluding hydrogens is 454 g/mol. The summed E-state index contributed by atoms with van der Waals surface area (Å²) < 4.78 is 4.90. The summed E-state index contributed by atoms with van der Waals surface area (Å²) in [6.45, 7) is 5.36. The Morgan fingerprint density at radius 3 is 2.29 bits per heavy atom. The first-order valence-corrected chi connectivity index (χ1v) is 11.2. The van der Waals surface area contributed by atoms with Gasteiger partial charge in [0.15, 0.2) is 5.78 Å². The summed E-state index contributed by atoms with van der Waals surface area (Å²) in [4.78, 5) is 37.0. The molecule has 0 aliphatic carbocycles. The lowest BCUT2D eigenvalue weighted by molar-refractivity contribution is -0.144. The number of hydrogen-bond acceptors (Lipinski definition) is 5. The Labute approximate surface area is 203 Å². The van der Waals surface area contributed by atoms with Crippen molar-refractivity contribution in [2.24, 2.45) is 0 Å². The molecule has 0 heterocycles. The number of para-hydroxylation sites is 2. The molecule has 34 heavy (non-hydrogen) atoms. The predicted octanol–water partition coefficient (Wildman–Crippen LogP) is 5.70. The van der Waals surface area contributed by atoms with Crippen LogP contribution in [0.15, 0.2) is 66.7 Å². The number of ether oxygens (including phenoxy) is 1. The fourth-order valence-electron chi connectivity index (χ4n) is 3.29. The molecule has 3 aromatic rings. The van der Waals surface area contributed by atoms with E-state index < -0.39 is 18.0 Å². The topological polar surface area (TPSA) is 96.5 Å². The highest BCUT2D eigenvalue weighted by Gasteiger charge is 2.18. The summed E-state index contributed by atoms with van der Waals surface area (Å²) in [6, 6.07) is 18.2. The quantitative estimate of drug-likeness (QED) is 0.284. The van der Waals surface area contributed by atoms with E-state index in [2.05, 4.69) is 16.0 Å². The molecule has 2 amide bonds. The van der Waals surface area contributed by atoms with Crippen molar-refractivity contribution >= 4 is 46.4 Å². The third-order valence-corrected chi connectivity index (χ3v) is 5.36. The van der Waals surface area contributed by atoms with Crippen molar-refractivity contribution in [3.63, 3.8) is 0 Å². The van der Waals surface area contributed by atoms with Gasteiger partial charge >= 0.3 is 12.0 Å². The van der Waals surface area contributed by atoms with Crippen molar-refractivity contribution in [1.29, 1.82) is 0 Å². The molecule has 1 unspecified atom stereocenters. The number of anilines is 3. The molecule has 3 aromatic carbocycles. The van der Waals surface area contributed by atoms with E-state index in [0.717, 1.165) is 5.56 Å². The lowest BCUT2D eigenvalue weighted by atomic mass is 9.99. The summed E-state index contributed by atoms with van der Waals surface area (Å²) in [5.41, 5.74) is 3.62. The number of amides is 2. The summed E-state index contributed by atoms with van der Waals surface area (Å²) >= 11 is 6.45. The van der Waals surface area contributed by atoms with E-state index in [0.29, 0.717) is 33.2 Å². The maximum atomic E-state index is 12.9. The lowest BCUT2D eigenvalue weighted by Crippen LogP contribution is -2.41. The molecule has 8 heteroatoms. The fraction of sp³-hybridized carbons (Fsp3) is 0.192. The number of benzene rings is 3. The molecule has 0 aliphatic rings. The monoisotopic (exact) mass is 479 g/mol. The van der Waals surface area contributed by atoms with Gasteiger partial charge in [0.2, 0.25) is 0 Å². The molecule has 3 rings (SSSR count). The summed E-state index contributed by atoms with van der Waals surface area (Å²) in [7, 11) is 0. The summed E-state index contributed by atoms with van der Waals surface area (Å²) in [5.74, 6) is -0.664. The Bertz CT molecular complexity index is 1210. The van der Waals surface area contributed by atoms with Crippen molar-refractivity contribution in [3.05, 3.63) is 88.4 Å². The van der Waals surface area contributed by atoms with Crippen LogP contribution < -0.4 is 16.0 Å². The number of rotatable bonds is 8. The van der Waals surface area contributed by atoms with Gasteiger partial charge in [-0.25, -0.2) is 9.59 Å². The van der Waals surface area contributed by atoms with Crippen molar-refractivity contribution in [1.82, 2.24) is 5.32 Å². The number of carbonyl (C=O) groups is 3. The first-order valence-electron chi connectivity index (χ1n) is 10.8. The molecule has 0 saturated heterocycles. The second-order valence-electron chi connectivity index (χ2n) is 7.58. The number of aryl methyl sites for hydroxylation is 1. The van der Waals surface area contributed by atoms with E-state index in [-0.39, 0.29) is 12.4 Å². The van der Waals surface area contributed by atoms with Crippen LogP contribution >= 0.6 is 11.6 Å². The second-order valence-corrected chi connectivity index (χ2v) is 7.99. The first kappa shape index (κ1) is 24.8. The van der Waals surface area contributed by atoms with Crippen LogP contribution in [0.5, 0.6) is 0 Å². The number of esters is 1. The highest BCUT2D eigenvalue weighted by Crippen LogP contribution is 2.29. The van der Waals surface area contributed by atoms with E-state index in [4.69, 9.17) is 16.3 Å². The Hall–Kier alpha value is -3.84. The van der Waals surface area contributed by atoms with Crippen molar-refractivity contribution < 1.29 is 19.1 Å². The normalized spacial score (nSPS) is 11.3. The minimum atomic E-state index is -0.794. The minimum Gasteiger partial charge on any atom is -0.464 e. The number of ketones is 1. The summed E-state index contributed by atoms with van der Waals surface area (Å²) in [5, 5.41) is 8.78. The largest absolute Gasteiger partial charge is 0.464 e. The van der Waals surface area contributed by atoms with Gasteiger partial charge in [-0.05, 0) is 56.7 Å². The third kappa shape index (κ3) is 6.14. The molecule has 3 N–H and O–H groups in total.